The average molecular weight is 366 g/mol. The van der Waals surface area contributed by atoms with Gasteiger partial charge in [-0.15, -0.1) is 0 Å². The molecule has 1 aliphatic carbocycles. The molecule has 0 bridgehead atoms. The van der Waals surface area contributed by atoms with Gasteiger partial charge in [0.05, 0.1) is 5.56 Å². The van der Waals surface area contributed by atoms with Gasteiger partial charge in [-0.1, -0.05) is 24.3 Å². The molecule has 0 radical (unpaired) electrons. The smallest absolute Gasteiger partial charge is 0.335 e. The molecule has 0 spiro atoms. The normalized spacial score (nSPS) is 19.1. The number of carbonyl (C=O) groups is 2. The van der Waals surface area contributed by atoms with Crippen LogP contribution in [0.25, 0.3) is 0 Å². The van der Waals surface area contributed by atoms with E-state index in [1.54, 1.807) is 12.1 Å². The first-order chi connectivity index (χ1) is 13.1. The van der Waals surface area contributed by atoms with Crippen molar-refractivity contribution in [1.82, 2.24) is 4.90 Å². The lowest BCUT2D eigenvalue weighted by Gasteiger charge is -2.25. The number of carbonyl (C=O) groups excluding carboxylic acids is 1. The molecule has 1 fully saturated rings. The van der Waals surface area contributed by atoms with Gasteiger partial charge in [-0.3, -0.25) is 9.80 Å². The van der Waals surface area contributed by atoms with Crippen molar-refractivity contribution in [3.63, 3.8) is 0 Å². The van der Waals surface area contributed by atoms with Crippen molar-refractivity contribution in [2.45, 2.75) is 12.8 Å². The van der Waals surface area contributed by atoms with E-state index in [0.29, 0.717) is 30.4 Å². The fourth-order valence-corrected chi connectivity index (χ4v) is 3.17. The lowest BCUT2D eigenvalue weighted by atomic mass is 10.0. The zero-order chi connectivity index (χ0) is 18.8. The largest absolute Gasteiger partial charge is 0.478 e. The zero-order valence-electron chi connectivity index (χ0n) is 14.5. The summed E-state index contributed by atoms with van der Waals surface area (Å²) < 4.78 is 11.3. The Hall–Kier alpha value is -3.48. The minimum absolute atomic E-state index is 0.137. The number of aromatic carboxylic acids is 1. The van der Waals surface area contributed by atoms with Crippen LogP contribution in [-0.2, 0) is 9.47 Å². The molecular weight excluding hydrogens is 348 g/mol. The number of urea groups is 1. The summed E-state index contributed by atoms with van der Waals surface area (Å²) in [5.74, 6) is -0.113. The molecule has 0 atom stereocenters. The number of carboxylic acids is 1. The monoisotopic (exact) mass is 366 g/mol. The summed E-state index contributed by atoms with van der Waals surface area (Å²) in [4.78, 5) is 27.0. The summed E-state index contributed by atoms with van der Waals surface area (Å²) >= 11 is 0. The SMILES string of the molecule is O=C(O)c1cccc(N2CCN(C3=COC=C(C4=CC=CCC4)O3)C2=O)c1. The average Bonchev–Trinajstić information content (AvgIpc) is 3.10. The van der Waals surface area contributed by atoms with Gasteiger partial charge in [0.25, 0.3) is 0 Å². The number of rotatable bonds is 4. The van der Waals surface area contributed by atoms with E-state index in [9.17, 15) is 9.59 Å². The van der Waals surface area contributed by atoms with Crippen LogP contribution in [0.5, 0.6) is 0 Å². The molecule has 0 unspecified atom stereocenters. The molecule has 1 saturated heterocycles. The maximum absolute atomic E-state index is 12.9. The molecule has 1 N–H and O–H groups in total. The highest BCUT2D eigenvalue weighted by atomic mass is 16.6. The third-order valence-electron chi connectivity index (χ3n) is 4.57. The van der Waals surface area contributed by atoms with Crippen LogP contribution in [-0.4, -0.2) is 35.1 Å². The first-order valence-electron chi connectivity index (χ1n) is 8.65. The van der Waals surface area contributed by atoms with Crippen LogP contribution in [0.4, 0.5) is 10.5 Å². The molecule has 7 heteroatoms. The van der Waals surface area contributed by atoms with Gasteiger partial charge in [0.1, 0.15) is 6.26 Å². The van der Waals surface area contributed by atoms with Crippen molar-refractivity contribution >= 4 is 17.7 Å². The molecule has 2 heterocycles. The summed E-state index contributed by atoms with van der Waals surface area (Å²) in [5, 5.41) is 9.15. The summed E-state index contributed by atoms with van der Waals surface area (Å²) in [6.45, 7) is 0.838. The number of ether oxygens (including phenoxy) is 2. The first-order valence-corrected chi connectivity index (χ1v) is 8.65. The Morgan fingerprint density at radius 2 is 2.00 bits per heavy atom. The predicted molar refractivity (Wildman–Crippen MR) is 97.6 cm³/mol. The van der Waals surface area contributed by atoms with E-state index in [1.807, 2.05) is 12.2 Å². The molecule has 0 aromatic heterocycles. The van der Waals surface area contributed by atoms with Crippen LogP contribution in [0.15, 0.2) is 72.2 Å². The van der Waals surface area contributed by atoms with Gasteiger partial charge >= 0.3 is 12.0 Å². The number of hydrogen-bond acceptors (Lipinski definition) is 4. The van der Waals surface area contributed by atoms with Gasteiger partial charge in [0, 0.05) is 18.8 Å². The second-order valence-corrected chi connectivity index (χ2v) is 6.28. The molecule has 1 aromatic rings. The van der Waals surface area contributed by atoms with Gasteiger partial charge in [-0.05, 0) is 36.6 Å². The standard InChI is InChI=1S/C20H18N2O5/c23-19(24)15-7-4-8-16(11-15)21-9-10-22(20(21)25)18-13-26-12-17(27-18)14-5-2-1-3-6-14/h1-2,4-5,7-8,11-13H,3,6,9-10H2,(H,23,24). The number of hydrogen-bond donors (Lipinski definition) is 1. The van der Waals surface area contributed by atoms with E-state index in [-0.39, 0.29) is 11.6 Å². The molecular formula is C20H18N2O5. The van der Waals surface area contributed by atoms with Gasteiger partial charge in [-0.2, -0.15) is 0 Å². The van der Waals surface area contributed by atoms with Crippen LogP contribution in [0, 0.1) is 0 Å². The zero-order valence-corrected chi connectivity index (χ0v) is 14.5. The molecule has 2 amide bonds. The Balaban J connectivity index is 1.50. The highest BCUT2D eigenvalue weighted by Gasteiger charge is 2.35. The Labute approximate surface area is 156 Å². The lowest BCUT2D eigenvalue weighted by Crippen LogP contribution is -2.32. The summed E-state index contributed by atoms with van der Waals surface area (Å²) in [7, 11) is 0. The van der Waals surface area contributed by atoms with Crippen molar-refractivity contribution < 1.29 is 24.2 Å². The van der Waals surface area contributed by atoms with E-state index in [4.69, 9.17) is 14.6 Å². The molecule has 1 aromatic carbocycles. The van der Waals surface area contributed by atoms with Crippen molar-refractivity contribution in [3.05, 3.63) is 77.8 Å². The van der Waals surface area contributed by atoms with Gasteiger partial charge in [0.15, 0.2) is 12.0 Å². The van der Waals surface area contributed by atoms with E-state index >= 15 is 0 Å². The Morgan fingerprint density at radius 1 is 1.15 bits per heavy atom. The molecule has 138 valence electrons. The number of benzene rings is 1. The van der Waals surface area contributed by atoms with Gasteiger partial charge in [0.2, 0.25) is 5.88 Å². The number of nitrogens with zero attached hydrogens (tertiary/aromatic N) is 2. The summed E-state index contributed by atoms with van der Waals surface area (Å²) in [6.07, 6.45) is 10.7. The molecule has 0 saturated carbocycles. The van der Waals surface area contributed by atoms with E-state index in [2.05, 4.69) is 6.08 Å². The Morgan fingerprint density at radius 3 is 2.78 bits per heavy atom. The maximum atomic E-state index is 12.9. The lowest BCUT2D eigenvalue weighted by molar-refractivity contribution is 0.0697. The fraction of sp³-hybridized carbons (Fsp3) is 0.200. The molecule has 2 aliphatic heterocycles. The number of allylic oxidation sites excluding steroid dienone is 4. The number of anilines is 1. The van der Waals surface area contributed by atoms with Crippen molar-refractivity contribution in [2.24, 2.45) is 0 Å². The maximum Gasteiger partial charge on any atom is 0.335 e. The van der Waals surface area contributed by atoms with Crippen molar-refractivity contribution in [1.29, 1.82) is 0 Å². The first kappa shape index (κ1) is 17.0. The minimum Gasteiger partial charge on any atom is -0.478 e. The second kappa shape index (κ2) is 7.03. The van der Waals surface area contributed by atoms with Crippen molar-refractivity contribution in [3.8, 4) is 0 Å². The van der Waals surface area contributed by atoms with Gasteiger partial charge in [-0.25, -0.2) is 9.59 Å². The molecule has 7 nitrogen and oxygen atoms in total. The molecule has 3 aliphatic rings. The van der Waals surface area contributed by atoms with Crippen LogP contribution in [0.3, 0.4) is 0 Å². The van der Waals surface area contributed by atoms with Gasteiger partial charge < -0.3 is 14.6 Å². The third-order valence-corrected chi connectivity index (χ3v) is 4.57. The highest BCUT2D eigenvalue weighted by Crippen LogP contribution is 2.30. The third kappa shape index (κ3) is 3.31. The fourth-order valence-electron chi connectivity index (χ4n) is 3.17. The Kier molecular flexibility index (Phi) is 4.42. The highest BCUT2D eigenvalue weighted by molar-refractivity contribution is 5.97. The Bertz CT molecular complexity index is 913. The summed E-state index contributed by atoms with van der Waals surface area (Å²) in [6, 6.07) is 6.03. The minimum atomic E-state index is -1.03. The predicted octanol–water partition coefficient (Wildman–Crippen LogP) is 3.59. The number of amides is 2. The number of carboxylic acid groups (broad SMARTS) is 1. The summed E-state index contributed by atoms with van der Waals surface area (Å²) in [5.41, 5.74) is 1.69. The molecule has 4 rings (SSSR count). The van der Waals surface area contributed by atoms with E-state index < -0.39 is 5.97 Å². The van der Waals surface area contributed by atoms with Crippen molar-refractivity contribution in [2.75, 3.05) is 18.0 Å². The van der Waals surface area contributed by atoms with E-state index in [1.165, 1.54) is 34.5 Å². The topological polar surface area (TPSA) is 79.3 Å². The van der Waals surface area contributed by atoms with E-state index in [0.717, 1.165) is 18.4 Å². The van der Waals surface area contributed by atoms with Crippen LogP contribution >= 0.6 is 0 Å². The second-order valence-electron chi connectivity index (χ2n) is 6.28. The van der Waals surface area contributed by atoms with Crippen LogP contribution in [0.2, 0.25) is 0 Å². The van der Waals surface area contributed by atoms with Crippen LogP contribution < -0.4 is 4.90 Å². The van der Waals surface area contributed by atoms with Crippen LogP contribution in [0.1, 0.15) is 23.2 Å². The quantitative estimate of drug-likeness (QED) is 0.881. The molecule has 27 heavy (non-hydrogen) atoms.